The van der Waals surface area contributed by atoms with E-state index < -0.39 is 0 Å². The molecule has 4 heteroatoms. The normalized spacial score (nSPS) is 10.8. The Morgan fingerprint density at radius 1 is 0.929 bits per heavy atom. The lowest BCUT2D eigenvalue weighted by Gasteiger charge is -2.18. The standard InChI is InChI=1S/C24H31ClO3/c1-5-17-14-18(6-2)24(15-22(17)25)28-16-21-19(12-13-20(26)7-3)10-9-11-23(21)27-8-4/h9-11,14-15H,5-8,12-13,16H2,1-4H3. The molecule has 0 spiro atoms. The van der Waals surface area contributed by atoms with Crippen LogP contribution in [0.25, 0.3) is 0 Å². The monoisotopic (exact) mass is 402 g/mol. The highest BCUT2D eigenvalue weighted by Gasteiger charge is 2.14. The number of benzene rings is 2. The van der Waals surface area contributed by atoms with Gasteiger partial charge in [0.15, 0.2) is 0 Å². The molecule has 0 saturated carbocycles. The van der Waals surface area contributed by atoms with Crippen molar-refractivity contribution in [1.82, 2.24) is 0 Å². The average Bonchev–Trinajstić information content (AvgIpc) is 2.71. The molecule has 28 heavy (non-hydrogen) atoms. The SMILES string of the molecule is CCOc1cccc(CCC(=O)CC)c1COc1cc(Cl)c(CC)cc1CC. The van der Waals surface area contributed by atoms with Crippen molar-refractivity contribution in [3.8, 4) is 11.5 Å². The first-order valence-electron chi connectivity index (χ1n) is 10.2. The van der Waals surface area contributed by atoms with Crippen LogP contribution < -0.4 is 9.47 Å². The Bertz CT molecular complexity index is 799. The van der Waals surface area contributed by atoms with Crippen LogP contribution in [0, 0.1) is 0 Å². The summed E-state index contributed by atoms with van der Waals surface area (Å²) in [7, 11) is 0. The number of Topliss-reactive ketones (excluding diaryl/α,β-unsaturated/α-hetero) is 1. The third kappa shape index (κ3) is 5.75. The van der Waals surface area contributed by atoms with Crippen LogP contribution in [0.2, 0.25) is 5.02 Å². The molecule has 0 amide bonds. The van der Waals surface area contributed by atoms with Crippen molar-refractivity contribution >= 4 is 17.4 Å². The van der Waals surface area contributed by atoms with Gasteiger partial charge < -0.3 is 9.47 Å². The summed E-state index contributed by atoms with van der Waals surface area (Å²) in [6.07, 6.45) is 3.58. The molecule has 0 aliphatic carbocycles. The topological polar surface area (TPSA) is 35.5 Å². The minimum Gasteiger partial charge on any atom is -0.493 e. The van der Waals surface area contributed by atoms with Crippen molar-refractivity contribution in [2.45, 2.75) is 66.4 Å². The van der Waals surface area contributed by atoms with Crippen molar-refractivity contribution in [2.75, 3.05) is 6.61 Å². The van der Waals surface area contributed by atoms with Crippen LogP contribution in [-0.4, -0.2) is 12.4 Å². The van der Waals surface area contributed by atoms with Gasteiger partial charge in [0.1, 0.15) is 23.9 Å². The van der Waals surface area contributed by atoms with Crippen LogP contribution in [0.4, 0.5) is 0 Å². The lowest BCUT2D eigenvalue weighted by atomic mass is 10.00. The van der Waals surface area contributed by atoms with Crippen molar-refractivity contribution in [3.63, 3.8) is 0 Å². The molecule has 0 atom stereocenters. The van der Waals surface area contributed by atoms with Crippen LogP contribution in [0.5, 0.6) is 11.5 Å². The summed E-state index contributed by atoms with van der Waals surface area (Å²) in [6, 6.07) is 10.0. The van der Waals surface area contributed by atoms with E-state index in [2.05, 4.69) is 26.0 Å². The third-order valence-corrected chi connectivity index (χ3v) is 5.31. The van der Waals surface area contributed by atoms with E-state index in [9.17, 15) is 4.79 Å². The number of ether oxygens (including phenoxy) is 2. The molecule has 152 valence electrons. The molecule has 0 unspecified atom stereocenters. The summed E-state index contributed by atoms with van der Waals surface area (Å²) in [5.41, 5.74) is 4.39. The van der Waals surface area contributed by atoms with Gasteiger partial charge in [0.2, 0.25) is 0 Å². The highest BCUT2D eigenvalue weighted by atomic mass is 35.5. The Morgan fingerprint density at radius 3 is 2.32 bits per heavy atom. The molecule has 0 bridgehead atoms. The van der Waals surface area contributed by atoms with E-state index in [1.165, 1.54) is 0 Å². The molecule has 0 heterocycles. The van der Waals surface area contributed by atoms with Crippen LogP contribution in [0.15, 0.2) is 30.3 Å². The predicted molar refractivity (Wildman–Crippen MR) is 116 cm³/mol. The minimum atomic E-state index is 0.267. The Kier molecular flexibility index (Phi) is 8.85. The fraction of sp³-hybridized carbons (Fsp3) is 0.458. The van der Waals surface area contributed by atoms with Crippen LogP contribution in [0.1, 0.15) is 62.8 Å². The maximum Gasteiger partial charge on any atom is 0.132 e. The van der Waals surface area contributed by atoms with Gasteiger partial charge in [-0.15, -0.1) is 0 Å². The lowest BCUT2D eigenvalue weighted by Crippen LogP contribution is -2.07. The number of carbonyl (C=O) groups is 1. The van der Waals surface area contributed by atoms with Crippen LogP contribution in [-0.2, 0) is 30.7 Å². The number of hydrogen-bond donors (Lipinski definition) is 0. The second-order valence-electron chi connectivity index (χ2n) is 6.77. The van der Waals surface area contributed by atoms with E-state index in [1.807, 2.05) is 32.0 Å². The van der Waals surface area contributed by atoms with Crippen LogP contribution >= 0.6 is 11.6 Å². The zero-order chi connectivity index (χ0) is 20.5. The van der Waals surface area contributed by atoms with E-state index >= 15 is 0 Å². The highest BCUT2D eigenvalue weighted by molar-refractivity contribution is 6.31. The van der Waals surface area contributed by atoms with Gasteiger partial charge in [-0.25, -0.2) is 0 Å². The summed E-state index contributed by atoms with van der Waals surface area (Å²) in [5.74, 6) is 1.90. The molecule has 0 saturated heterocycles. The molecule has 0 fully saturated rings. The van der Waals surface area contributed by atoms with E-state index in [0.717, 1.165) is 51.6 Å². The average molecular weight is 403 g/mol. The number of ketones is 1. The molecule has 0 radical (unpaired) electrons. The van der Waals surface area contributed by atoms with Gasteiger partial charge in [-0.1, -0.05) is 50.6 Å². The van der Waals surface area contributed by atoms with Crippen molar-refractivity contribution in [3.05, 3.63) is 57.6 Å². The zero-order valence-electron chi connectivity index (χ0n) is 17.4. The Hall–Kier alpha value is -2.00. The van der Waals surface area contributed by atoms with Crippen molar-refractivity contribution in [2.24, 2.45) is 0 Å². The molecule has 3 nitrogen and oxygen atoms in total. The van der Waals surface area contributed by atoms with E-state index in [4.69, 9.17) is 21.1 Å². The summed E-state index contributed by atoms with van der Waals surface area (Å²) < 4.78 is 12.0. The molecule has 2 aromatic carbocycles. The third-order valence-electron chi connectivity index (χ3n) is 4.96. The van der Waals surface area contributed by atoms with E-state index in [0.29, 0.717) is 32.5 Å². The van der Waals surface area contributed by atoms with Crippen molar-refractivity contribution in [1.29, 1.82) is 0 Å². The molecule has 2 aromatic rings. The van der Waals surface area contributed by atoms with Gasteiger partial charge in [-0.05, 0) is 55.0 Å². The summed E-state index contributed by atoms with van der Waals surface area (Å²) in [4.78, 5) is 11.8. The molecule has 0 aromatic heterocycles. The predicted octanol–water partition coefficient (Wildman–Crippen LogP) is 6.35. The highest BCUT2D eigenvalue weighted by Crippen LogP contribution is 2.31. The van der Waals surface area contributed by atoms with E-state index in [-0.39, 0.29) is 5.78 Å². The molecule has 0 aliphatic rings. The van der Waals surface area contributed by atoms with E-state index in [1.54, 1.807) is 0 Å². The first-order chi connectivity index (χ1) is 13.5. The number of halogens is 1. The Balaban J connectivity index is 2.29. The molecular formula is C24H31ClO3. The molecular weight excluding hydrogens is 372 g/mol. The van der Waals surface area contributed by atoms with Crippen molar-refractivity contribution < 1.29 is 14.3 Å². The first kappa shape index (κ1) is 22.3. The first-order valence-corrected chi connectivity index (χ1v) is 10.6. The number of rotatable bonds is 11. The fourth-order valence-electron chi connectivity index (χ4n) is 3.23. The molecule has 0 N–H and O–H groups in total. The lowest BCUT2D eigenvalue weighted by molar-refractivity contribution is -0.118. The molecule has 0 aliphatic heterocycles. The minimum absolute atomic E-state index is 0.267. The quantitative estimate of drug-likeness (QED) is 0.439. The van der Waals surface area contributed by atoms with Crippen LogP contribution in [0.3, 0.4) is 0 Å². The van der Waals surface area contributed by atoms with Gasteiger partial charge in [-0.2, -0.15) is 0 Å². The van der Waals surface area contributed by atoms with Gasteiger partial charge in [0.25, 0.3) is 0 Å². The summed E-state index contributed by atoms with van der Waals surface area (Å²) in [6.45, 7) is 9.06. The number of carbonyl (C=O) groups excluding carboxylic acids is 1. The summed E-state index contributed by atoms with van der Waals surface area (Å²) >= 11 is 6.41. The smallest absolute Gasteiger partial charge is 0.132 e. The fourth-order valence-corrected chi connectivity index (χ4v) is 3.52. The van der Waals surface area contributed by atoms with Gasteiger partial charge in [0, 0.05) is 23.4 Å². The number of aryl methyl sites for hydroxylation is 3. The van der Waals surface area contributed by atoms with Gasteiger partial charge in [-0.3, -0.25) is 4.79 Å². The second kappa shape index (κ2) is 11.1. The van der Waals surface area contributed by atoms with Gasteiger partial charge in [0.05, 0.1) is 6.61 Å². The largest absolute Gasteiger partial charge is 0.493 e. The zero-order valence-corrected chi connectivity index (χ0v) is 18.2. The Labute approximate surface area is 174 Å². The molecule has 2 rings (SSSR count). The number of hydrogen-bond acceptors (Lipinski definition) is 3. The van der Waals surface area contributed by atoms with Gasteiger partial charge >= 0.3 is 0 Å². The maximum atomic E-state index is 11.8. The maximum absolute atomic E-state index is 11.8. The Morgan fingerprint density at radius 2 is 1.68 bits per heavy atom. The second-order valence-corrected chi connectivity index (χ2v) is 7.17. The summed E-state index contributed by atoms with van der Waals surface area (Å²) in [5, 5.41) is 0.738.